The molecular weight excluding hydrogens is 264 g/mol. The normalized spacial score (nSPS) is 11.3. The second-order valence-corrected chi connectivity index (χ2v) is 4.80. The molecule has 0 amide bonds. The molecule has 0 fully saturated rings. The standard InChI is InChI=1S/C17H20N2O2/c18-17(19-20)15-9-11-16(12-10-15)21-13-5-4-8-14-6-2-1-3-7-14/h1-3,6-7,9-12,20H,4-5,8,13H2,(H2,18,19). The highest BCUT2D eigenvalue weighted by Gasteiger charge is 2.00. The predicted molar refractivity (Wildman–Crippen MR) is 83.8 cm³/mol. The maximum absolute atomic E-state index is 8.58. The summed E-state index contributed by atoms with van der Waals surface area (Å²) in [5, 5.41) is 11.5. The Balaban J connectivity index is 1.69. The minimum absolute atomic E-state index is 0.101. The Hall–Kier alpha value is -2.49. The van der Waals surface area contributed by atoms with Crippen molar-refractivity contribution in [2.24, 2.45) is 10.9 Å². The fraction of sp³-hybridized carbons (Fsp3) is 0.235. The van der Waals surface area contributed by atoms with Crippen molar-refractivity contribution in [1.29, 1.82) is 0 Å². The quantitative estimate of drug-likeness (QED) is 0.270. The molecule has 0 unspecified atom stereocenters. The summed E-state index contributed by atoms with van der Waals surface area (Å²) in [6, 6.07) is 17.6. The second kappa shape index (κ2) is 7.94. The van der Waals surface area contributed by atoms with Crippen LogP contribution in [0.5, 0.6) is 5.75 Å². The lowest BCUT2D eigenvalue weighted by molar-refractivity contribution is 0.307. The van der Waals surface area contributed by atoms with Crippen molar-refractivity contribution < 1.29 is 9.94 Å². The molecule has 0 aliphatic rings. The van der Waals surface area contributed by atoms with Crippen molar-refractivity contribution in [3.8, 4) is 5.75 Å². The van der Waals surface area contributed by atoms with Gasteiger partial charge in [0.25, 0.3) is 0 Å². The Morgan fingerprint density at radius 2 is 1.71 bits per heavy atom. The molecule has 0 radical (unpaired) electrons. The van der Waals surface area contributed by atoms with Gasteiger partial charge in [0.2, 0.25) is 0 Å². The van der Waals surface area contributed by atoms with E-state index in [0.717, 1.165) is 25.0 Å². The van der Waals surface area contributed by atoms with Crippen molar-refractivity contribution in [3.05, 3.63) is 65.7 Å². The van der Waals surface area contributed by atoms with Crippen LogP contribution in [0, 0.1) is 0 Å². The maximum Gasteiger partial charge on any atom is 0.170 e. The average molecular weight is 284 g/mol. The summed E-state index contributed by atoms with van der Waals surface area (Å²) in [5.41, 5.74) is 7.54. The fourth-order valence-corrected chi connectivity index (χ4v) is 2.05. The number of ether oxygens (including phenoxy) is 1. The Morgan fingerprint density at radius 1 is 1.00 bits per heavy atom. The number of benzene rings is 2. The number of hydrogen-bond acceptors (Lipinski definition) is 3. The molecule has 0 bridgehead atoms. The third-order valence-electron chi connectivity index (χ3n) is 3.23. The highest BCUT2D eigenvalue weighted by Crippen LogP contribution is 2.13. The Kier molecular flexibility index (Phi) is 5.64. The van der Waals surface area contributed by atoms with Crippen molar-refractivity contribution in [2.45, 2.75) is 19.3 Å². The molecule has 2 aromatic rings. The highest BCUT2D eigenvalue weighted by molar-refractivity contribution is 5.97. The van der Waals surface area contributed by atoms with Crippen molar-refractivity contribution in [3.63, 3.8) is 0 Å². The van der Waals surface area contributed by atoms with Crippen molar-refractivity contribution >= 4 is 5.84 Å². The van der Waals surface area contributed by atoms with Gasteiger partial charge in [0.05, 0.1) is 6.61 Å². The lowest BCUT2D eigenvalue weighted by atomic mass is 10.1. The van der Waals surface area contributed by atoms with Gasteiger partial charge in [-0.25, -0.2) is 0 Å². The minimum atomic E-state index is 0.101. The second-order valence-electron chi connectivity index (χ2n) is 4.80. The molecule has 3 N–H and O–H groups in total. The summed E-state index contributed by atoms with van der Waals surface area (Å²) in [6.45, 7) is 0.690. The number of unbranched alkanes of at least 4 members (excludes halogenated alkanes) is 1. The topological polar surface area (TPSA) is 67.8 Å². The zero-order chi connectivity index (χ0) is 14.9. The molecule has 110 valence electrons. The van der Waals surface area contributed by atoms with Gasteiger partial charge in [0.15, 0.2) is 5.84 Å². The molecule has 21 heavy (non-hydrogen) atoms. The highest BCUT2D eigenvalue weighted by atomic mass is 16.5. The minimum Gasteiger partial charge on any atom is -0.494 e. The van der Waals surface area contributed by atoms with Gasteiger partial charge in [-0.1, -0.05) is 35.5 Å². The molecule has 0 saturated carbocycles. The van der Waals surface area contributed by atoms with Gasteiger partial charge >= 0.3 is 0 Å². The largest absolute Gasteiger partial charge is 0.494 e. The van der Waals surface area contributed by atoms with E-state index in [-0.39, 0.29) is 5.84 Å². The molecule has 0 spiro atoms. The number of oxime groups is 1. The van der Waals surface area contributed by atoms with E-state index in [1.54, 1.807) is 12.1 Å². The number of hydrogen-bond donors (Lipinski definition) is 2. The van der Waals surface area contributed by atoms with E-state index in [0.29, 0.717) is 12.2 Å². The third kappa shape index (κ3) is 4.84. The monoisotopic (exact) mass is 284 g/mol. The molecule has 4 nitrogen and oxygen atoms in total. The Morgan fingerprint density at radius 3 is 2.38 bits per heavy atom. The first kappa shape index (κ1) is 14.9. The zero-order valence-electron chi connectivity index (χ0n) is 11.9. The van der Waals surface area contributed by atoms with E-state index >= 15 is 0 Å². The van der Waals surface area contributed by atoms with Crippen LogP contribution in [0.15, 0.2) is 59.8 Å². The molecule has 0 atom stereocenters. The van der Waals surface area contributed by atoms with Crippen LogP contribution in [-0.2, 0) is 6.42 Å². The summed E-state index contributed by atoms with van der Waals surface area (Å²) in [6.07, 6.45) is 3.19. The lowest BCUT2D eigenvalue weighted by Crippen LogP contribution is -2.12. The Bertz CT molecular complexity index is 565. The van der Waals surface area contributed by atoms with Crippen LogP contribution in [0.4, 0.5) is 0 Å². The molecule has 0 saturated heterocycles. The number of aryl methyl sites for hydroxylation is 1. The number of amidine groups is 1. The summed E-state index contributed by atoms with van der Waals surface area (Å²) in [4.78, 5) is 0. The first-order valence-corrected chi connectivity index (χ1v) is 7.04. The zero-order valence-corrected chi connectivity index (χ0v) is 11.9. The van der Waals surface area contributed by atoms with E-state index in [9.17, 15) is 0 Å². The van der Waals surface area contributed by atoms with E-state index in [1.807, 2.05) is 18.2 Å². The molecule has 0 aromatic heterocycles. The first-order chi connectivity index (χ1) is 10.3. The van der Waals surface area contributed by atoms with Gasteiger partial charge in [-0.2, -0.15) is 0 Å². The van der Waals surface area contributed by atoms with Crippen LogP contribution in [-0.4, -0.2) is 17.6 Å². The molecule has 2 rings (SSSR count). The number of nitrogens with two attached hydrogens (primary N) is 1. The van der Waals surface area contributed by atoms with Crippen LogP contribution >= 0.6 is 0 Å². The van der Waals surface area contributed by atoms with Crippen LogP contribution in [0.2, 0.25) is 0 Å². The molecular formula is C17H20N2O2. The SMILES string of the molecule is N/C(=N/O)c1ccc(OCCCCc2ccccc2)cc1. The van der Waals surface area contributed by atoms with Crippen LogP contribution < -0.4 is 10.5 Å². The fourth-order valence-electron chi connectivity index (χ4n) is 2.05. The van der Waals surface area contributed by atoms with Crippen LogP contribution in [0.25, 0.3) is 0 Å². The van der Waals surface area contributed by atoms with E-state index < -0.39 is 0 Å². The number of rotatable bonds is 7. The van der Waals surface area contributed by atoms with E-state index in [2.05, 4.69) is 29.4 Å². The Labute approximate surface area is 124 Å². The summed E-state index contributed by atoms with van der Waals surface area (Å²) < 4.78 is 5.67. The smallest absolute Gasteiger partial charge is 0.170 e. The molecule has 0 aliphatic carbocycles. The summed E-state index contributed by atoms with van der Waals surface area (Å²) >= 11 is 0. The van der Waals surface area contributed by atoms with Crippen molar-refractivity contribution in [1.82, 2.24) is 0 Å². The maximum atomic E-state index is 8.58. The molecule has 4 heteroatoms. The lowest BCUT2D eigenvalue weighted by Gasteiger charge is -2.07. The van der Waals surface area contributed by atoms with Crippen molar-refractivity contribution in [2.75, 3.05) is 6.61 Å². The van der Waals surface area contributed by atoms with Crippen LogP contribution in [0.3, 0.4) is 0 Å². The van der Waals surface area contributed by atoms with Gasteiger partial charge in [0, 0.05) is 5.56 Å². The summed E-state index contributed by atoms with van der Waals surface area (Å²) in [5.74, 6) is 0.897. The third-order valence-corrected chi connectivity index (χ3v) is 3.23. The van der Waals surface area contributed by atoms with E-state index in [1.165, 1.54) is 5.56 Å². The number of nitrogens with zero attached hydrogens (tertiary/aromatic N) is 1. The average Bonchev–Trinajstić information content (AvgIpc) is 2.55. The van der Waals surface area contributed by atoms with Gasteiger partial charge in [-0.3, -0.25) is 0 Å². The van der Waals surface area contributed by atoms with Gasteiger partial charge in [-0.05, 0) is 49.1 Å². The molecule has 0 aliphatic heterocycles. The molecule has 0 heterocycles. The first-order valence-electron chi connectivity index (χ1n) is 7.04. The van der Waals surface area contributed by atoms with Gasteiger partial charge in [0.1, 0.15) is 5.75 Å². The van der Waals surface area contributed by atoms with E-state index in [4.69, 9.17) is 15.7 Å². The van der Waals surface area contributed by atoms with Crippen LogP contribution in [0.1, 0.15) is 24.0 Å². The summed E-state index contributed by atoms with van der Waals surface area (Å²) in [7, 11) is 0. The van der Waals surface area contributed by atoms with Gasteiger partial charge < -0.3 is 15.7 Å². The molecule has 2 aromatic carbocycles. The van der Waals surface area contributed by atoms with Gasteiger partial charge in [-0.15, -0.1) is 0 Å². The predicted octanol–water partition coefficient (Wildman–Crippen LogP) is 3.18.